The molecule has 1 aliphatic carbocycles. The van der Waals surface area contributed by atoms with Crippen LogP contribution in [0, 0.1) is 0 Å². The smallest absolute Gasteiger partial charge is 0.131 e. The lowest BCUT2D eigenvalue weighted by molar-refractivity contribution is 0.135. The van der Waals surface area contributed by atoms with Crippen molar-refractivity contribution in [2.45, 2.75) is 23.9 Å². The van der Waals surface area contributed by atoms with Crippen molar-refractivity contribution >= 4 is 0 Å². The largest absolute Gasteiger partial charge is 0.508 e. The third-order valence-corrected chi connectivity index (χ3v) is 7.03. The van der Waals surface area contributed by atoms with Gasteiger partial charge in [-0.15, -0.1) is 0 Å². The molecule has 6 rings (SSSR count). The van der Waals surface area contributed by atoms with Crippen LogP contribution in [0.1, 0.15) is 51.7 Å². The van der Waals surface area contributed by atoms with Crippen molar-refractivity contribution in [2.75, 3.05) is 0 Å². The van der Waals surface area contributed by atoms with Crippen LogP contribution in [0.25, 0.3) is 0 Å². The summed E-state index contributed by atoms with van der Waals surface area (Å²) >= 11 is 0. The van der Waals surface area contributed by atoms with Gasteiger partial charge in [-0.25, -0.2) is 0 Å². The molecule has 176 valence electrons. The summed E-state index contributed by atoms with van der Waals surface area (Å²) in [4.78, 5) is 0. The molecule has 6 N–H and O–H groups in total. The minimum atomic E-state index is -0.578. The van der Waals surface area contributed by atoms with Gasteiger partial charge in [0.05, 0.1) is 0 Å². The molecule has 1 heterocycles. The molecule has 35 heavy (non-hydrogen) atoms. The van der Waals surface area contributed by atoms with Crippen LogP contribution < -0.4 is 4.74 Å². The average molecular weight is 470 g/mol. The van der Waals surface area contributed by atoms with E-state index in [0.29, 0.717) is 22.4 Å². The number of phenols is 6. The summed E-state index contributed by atoms with van der Waals surface area (Å²) in [6, 6.07) is 18.7. The number of hydrogen-bond acceptors (Lipinski definition) is 7. The Morgan fingerprint density at radius 3 is 1.89 bits per heavy atom. The Balaban J connectivity index is 1.66. The molecule has 7 nitrogen and oxygen atoms in total. The van der Waals surface area contributed by atoms with Gasteiger partial charge in [0, 0.05) is 41.5 Å². The fourth-order valence-corrected chi connectivity index (χ4v) is 5.79. The van der Waals surface area contributed by atoms with E-state index in [1.165, 1.54) is 18.2 Å². The molecule has 7 heteroatoms. The van der Waals surface area contributed by atoms with Crippen molar-refractivity contribution in [3.8, 4) is 40.2 Å². The van der Waals surface area contributed by atoms with Gasteiger partial charge in [0.15, 0.2) is 0 Å². The van der Waals surface area contributed by atoms with Crippen molar-refractivity contribution in [2.24, 2.45) is 0 Å². The summed E-state index contributed by atoms with van der Waals surface area (Å²) in [7, 11) is 0. The Kier molecular flexibility index (Phi) is 4.51. The van der Waals surface area contributed by atoms with Gasteiger partial charge < -0.3 is 35.4 Å². The Morgan fingerprint density at radius 2 is 1.17 bits per heavy atom. The number of fused-ring (bicyclic) bond motifs is 5. The number of ether oxygens (including phenoxy) is 1. The van der Waals surface area contributed by atoms with E-state index < -0.39 is 12.0 Å². The standard InChI is InChI=1S/C28H22O7/c29-15-3-1-13(2-4-15)28-27-21-10-19(33)11-22(34)25(21)24(14-7-17(31)9-18(32)8-14)26(27)20-6-5-16(30)12-23(20)35-28/h1-12,24,26-34H/t24-,26-,27-,28+/m1/s1. The van der Waals surface area contributed by atoms with Crippen LogP contribution in [-0.2, 0) is 0 Å². The van der Waals surface area contributed by atoms with Crippen molar-refractivity contribution in [3.63, 3.8) is 0 Å². The molecule has 4 atom stereocenters. The minimum absolute atomic E-state index is 0.0363. The summed E-state index contributed by atoms with van der Waals surface area (Å²) in [6.07, 6.45) is -0.578. The van der Waals surface area contributed by atoms with E-state index in [9.17, 15) is 30.6 Å². The van der Waals surface area contributed by atoms with Gasteiger partial charge in [0.2, 0.25) is 0 Å². The zero-order valence-electron chi connectivity index (χ0n) is 18.3. The van der Waals surface area contributed by atoms with Crippen LogP contribution in [0.4, 0.5) is 0 Å². The summed E-state index contributed by atoms with van der Waals surface area (Å²) in [5, 5.41) is 61.9. The van der Waals surface area contributed by atoms with Gasteiger partial charge in [-0.3, -0.25) is 0 Å². The molecule has 0 bridgehead atoms. The number of hydrogen-bond donors (Lipinski definition) is 6. The highest BCUT2D eigenvalue weighted by molar-refractivity contribution is 5.63. The van der Waals surface area contributed by atoms with Crippen LogP contribution in [0.5, 0.6) is 40.2 Å². The Labute approximate surface area is 200 Å². The quantitative estimate of drug-likeness (QED) is 0.241. The molecule has 0 unspecified atom stereocenters. The van der Waals surface area contributed by atoms with Crippen LogP contribution in [-0.4, -0.2) is 30.6 Å². The van der Waals surface area contributed by atoms with E-state index in [0.717, 1.165) is 11.1 Å². The fraction of sp³-hybridized carbons (Fsp3) is 0.143. The zero-order chi connectivity index (χ0) is 24.4. The van der Waals surface area contributed by atoms with Crippen molar-refractivity contribution in [1.29, 1.82) is 0 Å². The zero-order valence-corrected chi connectivity index (χ0v) is 18.3. The van der Waals surface area contributed by atoms with Gasteiger partial charge in [0.25, 0.3) is 0 Å². The first-order chi connectivity index (χ1) is 16.8. The molecular formula is C28H22O7. The van der Waals surface area contributed by atoms with E-state index in [4.69, 9.17) is 4.74 Å². The third kappa shape index (κ3) is 3.27. The van der Waals surface area contributed by atoms with Crippen molar-refractivity contribution in [3.05, 3.63) is 101 Å². The van der Waals surface area contributed by atoms with E-state index in [1.54, 1.807) is 54.6 Å². The van der Waals surface area contributed by atoms with Gasteiger partial charge in [0.1, 0.15) is 46.4 Å². The lowest BCUT2D eigenvalue weighted by Crippen LogP contribution is -2.27. The van der Waals surface area contributed by atoms with Crippen LogP contribution in [0.3, 0.4) is 0 Å². The number of benzene rings is 4. The molecule has 0 saturated heterocycles. The summed E-state index contributed by atoms with van der Waals surface area (Å²) in [5.41, 5.74) is 3.38. The molecule has 2 aliphatic rings. The fourth-order valence-electron chi connectivity index (χ4n) is 5.79. The SMILES string of the molecule is Oc1ccc([C@@H]2Oc3cc(O)ccc3[C@@H]3[C@H](c4cc(O)cc(O)c4)c4c(O)cc(O)cc4[C@H]32)cc1. The third-order valence-electron chi connectivity index (χ3n) is 7.03. The molecule has 4 aromatic rings. The van der Waals surface area contributed by atoms with E-state index in [2.05, 4.69) is 0 Å². The molecule has 4 aromatic carbocycles. The Morgan fingerprint density at radius 1 is 0.514 bits per heavy atom. The first kappa shape index (κ1) is 21.0. The highest BCUT2D eigenvalue weighted by Crippen LogP contribution is 2.65. The van der Waals surface area contributed by atoms with Crippen LogP contribution in [0.15, 0.2) is 72.8 Å². The van der Waals surface area contributed by atoms with Crippen LogP contribution >= 0.6 is 0 Å². The lowest BCUT2D eigenvalue weighted by atomic mass is 9.73. The predicted molar refractivity (Wildman–Crippen MR) is 126 cm³/mol. The van der Waals surface area contributed by atoms with Gasteiger partial charge in [-0.1, -0.05) is 18.2 Å². The highest BCUT2D eigenvalue weighted by atomic mass is 16.5. The predicted octanol–water partition coefficient (Wildman–Crippen LogP) is 5.07. The maximum absolute atomic E-state index is 11.0. The summed E-state index contributed by atoms with van der Waals surface area (Å²) < 4.78 is 6.42. The molecule has 0 fully saturated rings. The monoisotopic (exact) mass is 470 g/mol. The first-order valence-corrected chi connectivity index (χ1v) is 11.2. The van der Waals surface area contributed by atoms with Gasteiger partial charge in [-0.05, 0) is 58.7 Å². The molecule has 0 saturated carbocycles. The average Bonchev–Trinajstić information content (AvgIpc) is 3.14. The second-order valence-electron chi connectivity index (χ2n) is 9.13. The highest BCUT2D eigenvalue weighted by Gasteiger charge is 2.52. The van der Waals surface area contributed by atoms with Crippen LogP contribution in [0.2, 0.25) is 0 Å². The molecule has 0 spiro atoms. The Bertz CT molecular complexity index is 1440. The number of rotatable bonds is 2. The number of phenolic OH excluding ortho intramolecular Hbond substituents is 6. The Hall–Kier alpha value is -4.52. The first-order valence-electron chi connectivity index (χ1n) is 11.2. The molecule has 0 aromatic heterocycles. The summed E-state index contributed by atoms with van der Waals surface area (Å²) in [5.74, 6) is -1.03. The maximum atomic E-state index is 11.0. The molecule has 0 radical (unpaired) electrons. The maximum Gasteiger partial charge on any atom is 0.131 e. The van der Waals surface area contributed by atoms with Crippen molar-refractivity contribution in [1.82, 2.24) is 0 Å². The molecule has 0 amide bonds. The van der Waals surface area contributed by atoms with E-state index in [1.807, 2.05) is 0 Å². The van der Waals surface area contributed by atoms with E-state index in [-0.39, 0.29) is 46.3 Å². The van der Waals surface area contributed by atoms with Gasteiger partial charge >= 0.3 is 0 Å². The number of aromatic hydroxyl groups is 6. The molecular weight excluding hydrogens is 448 g/mol. The van der Waals surface area contributed by atoms with Gasteiger partial charge in [-0.2, -0.15) is 0 Å². The molecule has 1 aliphatic heterocycles. The second-order valence-corrected chi connectivity index (χ2v) is 9.13. The second kappa shape index (κ2) is 7.50. The summed E-state index contributed by atoms with van der Waals surface area (Å²) in [6.45, 7) is 0. The topological polar surface area (TPSA) is 131 Å². The van der Waals surface area contributed by atoms with Crippen molar-refractivity contribution < 1.29 is 35.4 Å². The lowest BCUT2D eigenvalue weighted by Gasteiger charge is -2.39. The van der Waals surface area contributed by atoms with E-state index >= 15 is 0 Å². The normalized spacial score (nSPS) is 22.1. The minimum Gasteiger partial charge on any atom is -0.508 e.